The first-order valence-electron chi connectivity index (χ1n) is 9.68. The zero-order chi connectivity index (χ0) is 23.6. The van der Waals surface area contributed by atoms with E-state index in [-0.39, 0.29) is 22.1 Å². The van der Waals surface area contributed by atoms with Crippen molar-refractivity contribution in [2.45, 2.75) is 32.6 Å². The van der Waals surface area contributed by atoms with Crippen LogP contribution in [0.25, 0.3) is 0 Å². The number of amides is 1. The van der Waals surface area contributed by atoms with E-state index in [1.807, 2.05) is 6.92 Å². The third kappa shape index (κ3) is 4.98. The predicted octanol–water partition coefficient (Wildman–Crippen LogP) is 3.43. The number of carbonyl (C=O) groups is 1. The Kier molecular flexibility index (Phi) is 6.37. The molecule has 1 aromatic carbocycles. The number of pyridine rings is 2. The number of nitrogens with two attached hydrogens (primary N) is 1. The Balaban J connectivity index is 2.02. The lowest BCUT2D eigenvalue weighted by atomic mass is 10.0. The van der Waals surface area contributed by atoms with Crippen LogP contribution in [-0.2, 0) is 10.0 Å². The van der Waals surface area contributed by atoms with Crippen molar-refractivity contribution in [3.63, 3.8) is 0 Å². The lowest BCUT2D eigenvalue weighted by molar-refractivity contribution is 0.102. The molecule has 1 amide bonds. The number of aromatic nitrogens is 2. The van der Waals surface area contributed by atoms with Crippen molar-refractivity contribution in [1.82, 2.24) is 9.97 Å². The normalized spacial score (nSPS) is 11.2. The number of nitrogens with zero attached hydrogens (tertiary/aromatic N) is 2. The van der Waals surface area contributed by atoms with Crippen LogP contribution in [-0.4, -0.2) is 30.0 Å². The molecule has 166 valence electrons. The summed E-state index contributed by atoms with van der Waals surface area (Å²) in [4.78, 5) is 21.8. The zero-order valence-electron chi connectivity index (χ0n) is 18.1. The summed E-state index contributed by atoms with van der Waals surface area (Å²) in [6.07, 6.45) is 1.67. The van der Waals surface area contributed by atoms with Crippen LogP contribution in [0.3, 0.4) is 0 Å². The molecule has 3 rings (SSSR count). The van der Waals surface area contributed by atoms with Gasteiger partial charge in [0.05, 0.1) is 27.4 Å². The number of aryl methyl sites for hydroxylation is 3. The molecule has 9 nitrogen and oxygen atoms in total. The monoisotopic (exact) mass is 452 g/mol. The number of benzene rings is 1. The Morgan fingerprint density at radius 2 is 1.75 bits per heavy atom. The number of rotatable bonds is 6. The minimum Gasteiger partial charge on any atom is -0.340 e. The molecule has 3 aromatic rings. The third-order valence-electron chi connectivity index (χ3n) is 4.80. The van der Waals surface area contributed by atoms with Gasteiger partial charge in [0.15, 0.2) is 0 Å². The topological polar surface area (TPSA) is 151 Å². The van der Waals surface area contributed by atoms with Crippen LogP contribution in [0.4, 0.5) is 17.2 Å². The Labute approximate surface area is 186 Å². The number of carbonyl (C=O) groups excluding carboxylic acids is 1. The second kappa shape index (κ2) is 8.85. The fraction of sp³-hybridized carbons (Fsp3) is 0.182. The van der Waals surface area contributed by atoms with E-state index in [0.29, 0.717) is 34.1 Å². The summed E-state index contributed by atoms with van der Waals surface area (Å²) in [5.41, 5.74) is 4.05. The van der Waals surface area contributed by atoms with E-state index in [1.54, 1.807) is 39.1 Å². The van der Waals surface area contributed by atoms with Gasteiger partial charge in [-0.1, -0.05) is 0 Å². The summed E-state index contributed by atoms with van der Waals surface area (Å²) in [6.45, 7) is 7.00. The van der Waals surface area contributed by atoms with Crippen molar-refractivity contribution in [3.8, 4) is 0 Å². The van der Waals surface area contributed by atoms with E-state index >= 15 is 0 Å². The fourth-order valence-corrected chi connectivity index (χ4v) is 3.77. The van der Waals surface area contributed by atoms with Crippen molar-refractivity contribution in [2.75, 3.05) is 10.6 Å². The first kappa shape index (κ1) is 23.0. The number of nitrogens with one attached hydrogen (secondary N) is 3. The van der Waals surface area contributed by atoms with Crippen LogP contribution in [0.2, 0.25) is 0 Å². The van der Waals surface area contributed by atoms with Crippen molar-refractivity contribution in [3.05, 3.63) is 70.7 Å². The van der Waals surface area contributed by atoms with Gasteiger partial charge in [0.2, 0.25) is 10.0 Å². The smallest absolute Gasteiger partial charge is 0.256 e. The molecule has 0 saturated heterocycles. The van der Waals surface area contributed by atoms with Gasteiger partial charge in [-0.25, -0.2) is 18.5 Å². The van der Waals surface area contributed by atoms with Crippen LogP contribution in [0.1, 0.15) is 39.8 Å². The summed E-state index contributed by atoms with van der Waals surface area (Å²) in [6, 6.07) is 9.24. The van der Waals surface area contributed by atoms with E-state index in [4.69, 9.17) is 10.5 Å². The van der Waals surface area contributed by atoms with Crippen LogP contribution in [0.15, 0.2) is 47.5 Å². The molecule has 0 aliphatic carbocycles. The highest BCUT2D eigenvalue weighted by Crippen LogP contribution is 2.26. The van der Waals surface area contributed by atoms with E-state index in [2.05, 4.69) is 20.6 Å². The first-order valence-corrected chi connectivity index (χ1v) is 11.2. The SMILES string of the molecule is CC(=N)c1c(C(=O)Nc2c(C)ccnc2C)cc(C)nc1Nc1ccc(S(N)(=O)=O)cc1. The molecule has 0 saturated carbocycles. The van der Waals surface area contributed by atoms with Crippen molar-refractivity contribution in [2.24, 2.45) is 5.14 Å². The van der Waals surface area contributed by atoms with Gasteiger partial charge >= 0.3 is 0 Å². The standard InChI is InChI=1S/C22H24N6O3S/c1-12-9-10-25-15(4)20(12)28-22(29)18-11-13(2)26-21(19(18)14(3)23)27-16-5-7-17(8-6-16)32(24,30)31/h5-11,23H,1-4H3,(H,26,27)(H,28,29)(H2,24,30,31). The molecule has 0 unspecified atom stereocenters. The maximum absolute atomic E-state index is 13.2. The molecule has 0 radical (unpaired) electrons. The van der Waals surface area contributed by atoms with Crippen molar-refractivity contribution >= 4 is 38.8 Å². The van der Waals surface area contributed by atoms with Gasteiger partial charge in [0.25, 0.3) is 5.91 Å². The highest BCUT2D eigenvalue weighted by atomic mass is 32.2. The van der Waals surface area contributed by atoms with Crippen LogP contribution in [0.5, 0.6) is 0 Å². The van der Waals surface area contributed by atoms with E-state index in [1.165, 1.54) is 24.3 Å². The predicted molar refractivity (Wildman–Crippen MR) is 124 cm³/mol. The van der Waals surface area contributed by atoms with Gasteiger partial charge in [-0.15, -0.1) is 0 Å². The van der Waals surface area contributed by atoms with Gasteiger partial charge in [-0.2, -0.15) is 0 Å². The number of hydrogen-bond acceptors (Lipinski definition) is 7. The second-order valence-corrected chi connectivity index (χ2v) is 8.96. The molecule has 32 heavy (non-hydrogen) atoms. The molecule has 0 bridgehead atoms. The number of primary sulfonamides is 1. The Hall–Kier alpha value is -3.63. The molecule has 0 aliphatic rings. The molecule has 2 heterocycles. The molecule has 0 spiro atoms. The summed E-state index contributed by atoms with van der Waals surface area (Å²) < 4.78 is 23.0. The fourth-order valence-electron chi connectivity index (χ4n) is 3.25. The van der Waals surface area contributed by atoms with Crippen molar-refractivity contribution in [1.29, 1.82) is 5.41 Å². The molecule has 0 atom stereocenters. The average Bonchev–Trinajstić information content (AvgIpc) is 2.69. The largest absolute Gasteiger partial charge is 0.340 e. The maximum atomic E-state index is 13.2. The molecule has 5 N–H and O–H groups in total. The minimum atomic E-state index is -3.81. The summed E-state index contributed by atoms with van der Waals surface area (Å²) in [7, 11) is -3.81. The van der Waals surface area contributed by atoms with Crippen LogP contribution in [0, 0.1) is 26.2 Å². The van der Waals surface area contributed by atoms with Gasteiger partial charge in [-0.3, -0.25) is 9.78 Å². The summed E-state index contributed by atoms with van der Waals surface area (Å²) >= 11 is 0. The van der Waals surface area contributed by atoms with E-state index in [0.717, 1.165) is 5.56 Å². The second-order valence-electron chi connectivity index (χ2n) is 7.40. The number of hydrogen-bond donors (Lipinski definition) is 4. The highest BCUT2D eigenvalue weighted by Gasteiger charge is 2.21. The molecular weight excluding hydrogens is 428 g/mol. The number of anilines is 3. The van der Waals surface area contributed by atoms with Crippen LogP contribution >= 0.6 is 0 Å². The average molecular weight is 453 g/mol. The summed E-state index contributed by atoms with van der Waals surface area (Å²) in [5, 5.41) is 19.4. The molecule has 10 heteroatoms. The number of sulfonamides is 1. The van der Waals surface area contributed by atoms with Crippen molar-refractivity contribution < 1.29 is 13.2 Å². The van der Waals surface area contributed by atoms with Gasteiger partial charge < -0.3 is 16.0 Å². The quantitative estimate of drug-likeness (QED) is 0.421. The molecule has 2 aromatic heterocycles. The molecule has 0 fully saturated rings. The lowest BCUT2D eigenvalue weighted by Gasteiger charge is -2.17. The van der Waals surface area contributed by atoms with Gasteiger partial charge in [0, 0.05) is 23.3 Å². The van der Waals surface area contributed by atoms with E-state index in [9.17, 15) is 13.2 Å². The maximum Gasteiger partial charge on any atom is 0.256 e. The Morgan fingerprint density at radius 1 is 1.09 bits per heavy atom. The zero-order valence-corrected chi connectivity index (χ0v) is 19.0. The van der Waals surface area contributed by atoms with Gasteiger partial charge in [0.1, 0.15) is 5.82 Å². The van der Waals surface area contributed by atoms with Gasteiger partial charge in [-0.05, 0) is 69.7 Å². The molecular formula is C22H24N6O3S. The lowest BCUT2D eigenvalue weighted by Crippen LogP contribution is -2.19. The summed E-state index contributed by atoms with van der Waals surface area (Å²) in [5.74, 6) is -0.0745. The third-order valence-corrected chi connectivity index (χ3v) is 5.73. The van der Waals surface area contributed by atoms with E-state index < -0.39 is 10.0 Å². The Bertz CT molecular complexity index is 1300. The first-order chi connectivity index (χ1) is 15.0. The highest BCUT2D eigenvalue weighted by molar-refractivity contribution is 7.89. The van der Waals surface area contributed by atoms with Crippen LogP contribution < -0.4 is 15.8 Å². The minimum absolute atomic E-state index is 0.0222. The molecule has 0 aliphatic heterocycles. The Morgan fingerprint density at radius 3 is 2.31 bits per heavy atom.